The average Bonchev–Trinajstić information content (AvgIpc) is 2.16. The molecule has 1 rings (SSSR count). The number of aromatic hydroxyl groups is 1. The number of aliphatic hydroxyl groups excluding tert-OH is 1. The number of phenols is 1. The zero-order chi connectivity index (χ0) is 10.6. The molecule has 2 N–H and O–H groups in total. The van der Waals surface area contributed by atoms with E-state index in [0.29, 0.717) is 5.75 Å². The Labute approximate surface area is 83.3 Å². The first-order valence-electron chi connectivity index (χ1n) is 4.36. The molecule has 0 aliphatic heterocycles. The highest BCUT2D eigenvalue weighted by Crippen LogP contribution is 2.26. The number of ether oxygens (including phenoxy) is 1. The van der Waals surface area contributed by atoms with Crippen molar-refractivity contribution in [2.75, 3.05) is 7.11 Å². The fourth-order valence-electron chi connectivity index (χ4n) is 1.05. The van der Waals surface area contributed by atoms with Crippen LogP contribution in [-0.4, -0.2) is 23.4 Å². The van der Waals surface area contributed by atoms with Gasteiger partial charge in [0, 0.05) is 0 Å². The topological polar surface area (TPSA) is 49.7 Å². The molecule has 3 nitrogen and oxygen atoms in total. The Bertz CT molecular complexity index is 329. The Morgan fingerprint density at radius 1 is 1.43 bits per heavy atom. The third-order valence-electron chi connectivity index (χ3n) is 1.77. The predicted molar refractivity (Wildman–Crippen MR) is 55.4 cm³/mol. The molecule has 0 saturated carbocycles. The molecule has 14 heavy (non-hydrogen) atoms. The largest absolute Gasteiger partial charge is 0.504 e. The lowest BCUT2D eigenvalue weighted by molar-refractivity contribution is 0.245. The maximum Gasteiger partial charge on any atom is 0.161 e. The van der Waals surface area contributed by atoms with Crippen LogP contribution in [0.15, 0.2) is 24.3 Å². The number of hydrogen-bond donors (Lipinski definition) is 2. The van der Waals surface area contributed by atoms with Crippen LogP contribution in [0.5, 0.6) is 11.5 Å². The number of methoxy groups -OCH3 is 1. The van der Waals surface area contributed by atoms with Gasteiger partial charge in [0.2, 0.25) is 0 Å². The molecule has 0 radical (unpaired) electrons. The van der Waals surface area contributed by atoms with Gasteiger partial charge in [-0.1, -0.05) is 18.2 Å². The van der Waals surface area contributed by atoms with E-state index in [-0.39, 0.29) is 5.75 Å². The van der Waals surface area contributed by atoms with E-state index in [4.69, 9.17) is 9.84 Å². The second kappa shape index (κ2) is 4.67. The Hall–Kier alpha value is -1.48. The molecule has 0 heterocycles. The Kier molecular flexibility index (Phi) is 3.54. The van der Waals surface area contributed by atoms with Gasteiger partial charge in [0.1, 0.15) is 0 Å². The van der Waals surface area contributed by atoms with Crippen LogP contribution < -0.4 is 4.74 Å². The summed E-state index contributed by atoms with van der Waals surface area (Å²) < 4.78 is 4.95. The van der Waals surface area contributed by atoms with Gasteiger partial charge in [-0.2, -0.15) is 0 Å². The lowest BCUT2D eigenvalue weighted by atomic mass is 10.1. The highest BCUT2D eigenvalue weighted by atomic mass is 16.5. The van der Waals surface area contributed by atoms with E-state index in [1.54, 1.807) is 37.3 Å². The van der Waals surface area contributed by atoms with Crippen molar-refractivity contribution >= 4 is 6.08 Å². The van der Waals surface area contributed by atoms with Gasteiger partial charge in [-0.3, -0.25) is 0 Å². The fraction of sp³-hybridized carbons (Fsp3) is 0.273. The van der Waals surface area contributed by atoms with Crippen molar-refractivity contribution in [2.24, 2.45) is 0 Å². The summed E-state index contributed by atoms with van der Waals surface area (Å²) in [5.41, 5.74) is 0.876. The summed E-state index contributed by atoms with van der Waals surface area (Å²) in [4.78, 5) is 0. The van der Waals surface area contributed by atoms with Crippen LogP contribution in [0.25, 0.3) is 6.08 Å². The number of hydrogen-bond acceptors (Lipinski definition) is 3. The van der Waals surface area contributed by atoms with Crippen LogP contribution in [0.2, 0.25) is 0 Å². The third kappa shape index (κ3) is 2.78. The van der Waals surface area contributed by atoms with Gasteiger partial charge < -0.3 is 14.9 Å². The molecular weight excluding hydrogens is 180 g/mol. The summed E-state index contributed by atoms with van der Waals surface area (Å²) in [6.45, 7) is 1.67. The standard InChI is InChI=1S/C11H14O3/c1-8(12)3-4-9-5-6-10(13)11(7-9)14-2/h3-8,12-13H,1-2H3/b4-3+. The smallest absolute Gasteiger partial charge is 0.161 e. The molecule has 1 aromatic rings. The molecule has 1 aromatic carbocycles. The van der Waals surface area contributed by atoms with Gasteiger partial charge in [0.15, 0.2) is 11.5 Å². The van der Waals surface area contributed by atoms with Crippen molar-refractivity contribution in [1.82, 2.24) is 0 Å². The summed E-state index contributed by atoms with van der Waals surface area (Å²) in [5, 5.41) is 18.3. The molecular formula is C11H14O3. The summed E-state index contributed by atoms with van der Waals surface area (Å²) in [5.74, 6) is 0.541. The second-order valence-electron chi connectivity index (χ2n) is 3.03. The summed E-state index contributed by atoms with van der Waals surface area (Å²) in [6, 6.07) is 5.01. The van der Waals surface area contributed by atoms with E-state index in [0.717, 1.165) is 5.56 Å². The van der Waals surface area contributed by atoms with Gasteiger partial charge in [-0.25, -0.2) is 0 Å². The zero-order valence-corrected chi connectivity index (χ0v) is 8.27. The molecule has 76 valence electrons. The maximum atomic E-state index is 9.31. The van der Waals surface area contributed by atoms with Crippen LogP contribution in [0, 0.1) is 0 Å². The highest BCUT2D eigenvalue weighted by molar-refractivity contribution is 5.55. The summed E-state index contributed by atoms with van der Waals surface area (Å²) in [6.07, 6.45) is 2.95. The average molecular weight is 194 g/mol. The number of aliphatic hydroxyl groups is 1. The quantitative estimate of drug-likeness (QED) is 0.771. The van der Waals surface area contributed by atoms with Gasteiger partial charge >= 0.3 is 0 Å². The minimum absolute atomic E-state index is 0.113. The van der Waals surface area contributed by atoms with E-state index >= 15 is 0 Å². The maximum absolute atomic E-state index is 9.31. The van der Waals surface area contributed by atoms with Crippen molar-refractivity contribution in [3.8, 4) is 11.5 Å². The second-order valence-corrected chi connectivity index (χ2v) is 3.03. The van der Waals surface area contributed by atoms with Crippen LogP contribution in [0.1, 0.15) is 12.5 Å². The minimum atomic E-state index is -0.477. The molecule has 0 spiro atoms. The Morgan fingerprint density at radius 2 is 2.14 bits per heavy atom. The van der Waals surface area contributed by atoms with Crippen LogP contribution in [0.4, 0.5) is 0 Å². The van der Waals surface area contributed by atoms with Crippen molar-refractivity contribution in [3.63, 3.8) is 0 Å². The first kappa shape index (κ1) is 10.6. The number of phenolic OH excluding ortho intramolecular Hbond substituents is 1. The van der Waals surface area contributed by atoms with E-state index in [1.165, 1.54) is 7.11 Å². The predicted octanol–water partition coefficient (Wildman–Crippen LogP) is 1.79. The van der Waals surface area contributed by atoms with Crippen LogP contribution >= 0.6 is 0 Å². The van der Waals surface area contributed by atoms with Crippen LogP contribution in [-0.2, 0) is 0 Å². The minimum Gasteiger partial charge on any atom is -0.504 e. The van der Waals surface area contributed by atoms with Crippen molar-refractivity contribution < 1.29 is 14.9 Å². The van der Waals surface area contributed by atoms with Gasteiger partial charge in [0.05, 0.1) is 13.2 Å². The molecule has 0 saturated heterocycles. The fourth-order valence-corrected chi connectivity index (χ4v) is 1.05. The number of rotatable bonds is 3. The van der Waals surface area contributed by atoms with E-state index in [2.05, 4.69) is 0 Å². The molecule has 3 heteroatoms. The van der Waals surface area contributed by atoms with Crippen molar-refractivity contribution in [2.45, 2.75) is 13.0 Å². The molecule has 0 fully saturated rings. The molecule has 0 aromatic heterocycles. The molecule has 0 bridgehead atoms. The van der Waals surface area contributed by atoms with E-state index in [9.17, 15) is 5.11 Å². The first-order chi connectivity index (χ1) is 6.63. The van der Waals surface area contributed by atoms with Gasteiger partial charge in [-0.15, -0.1) is 0 Å². The van der Waals surface area contributed by atoms with Crippen LogP contribution in [0.3, 0.4) is 0 Å². The molecule has 1 atom stereocenters. The van der Waals surface area contributed by atoms with E-state index in [1.807, 2.05) is 0 Å². The lowest BCUT2D eigenvalue weighted by Crippen LogP contribution is -1.91. The molecule has 0 aliphatic carbocycles. The van der Waals surface area contributed by atoms with Gasteiger partial charge in [-0.05, 0) is 24.6 Å². The van der Waals surface area contributed by atoms with Gasteiger partial charge in [0.25, 0.3) is 0 Å². The van der Waals surface area contributed by atoms with E-state index < -0.39 is 6.10 Å². The molecule has 1 unspecified atom stereocenters. The zero-order valence-electron chi connectivity index (χ0n) is 8.27. The summed E-state index contributed by atoms with van der Waals surface area (Å²) in [7, 11) is 1.50. The normalized spacial score (nSPS) is 13.1. The Balaban J connectivity index is 2.89. The van der Waals surface area contributed by atoms with Crippen molar-refractivity contribution in [3.05, 3.63) is 29.8 Å². The lowest BCUT2D eigenvalue weighted by Gasteiger charge is -2.03. The third-order valence-corrected chi connectivity index (χ3v) is 1.77. The SMILES string of the molecule is COc1cc(/C=C/C(C)O)ccc1O. The highest BCUT2D eigenvalue weighted by Gasteiger charge is 2.00. The molecule has 0 aliphatic rings. The molecule has 0 amide bonds. The Morgan fingerprint density at radius 3 is 2.71 bits per heavy atom. The monoisotopic (exact) mass is 194 g/mol. The van der Waals surface area contributed by atoms with Crippen molar-refractivity contribution in [1.29, 1.82) is 0 Å². The summed E-state index contributed by atoms with van der Waals surface area (Å²) >= 11 is 0. The number of benzene rings is 1. The first-order valence-corrected chi connectivity index (χ1v) is 4.36.